The fraction of sp³-hybridized carbons (Fsp3) is 0.214. The van der Waals surface area contributed by atoms with Crippen LogP contribution in [0.25, 0.3) is 11.2 Å². The first-order valence-electron chi connectivity index (χ1n) is 11.3. The van der Waals surface area contributed by atoms with Crippen molar-refractivity contribution < 1.29 is 13.5 Å². The van der Waals surface area contributed by atoms with Gasteiger partial charge >= 0.3 is 0 Å². The number of benzene rings is 2. The molecular formula is C28H21F2N3O. The summed E-state index contributed by atoms with van der Waals surface area (Å²) in [4.78, 5) is 4.74. The minimum Gasteiger partial charge on any atom is -0.488 e. The van der Waals surface area contributed by atoms with Crippen molar-refractivity contribution in [2.45, 2.75) is 38.7 Å². The first-order valence-corrected chi connectivity index (χ1v) is 11.3. The molecule has 1 aliphatic heterocycles. The molecule has 2 aromatic heterocycles. The maximum atomic E-state index is 13.9. The number of halogens is 2. The Kier molecular flexibility index (Phi) is 4.73. The third kappa shape index (κ3) is 3.45. The Balaban J connectivity index is 1.45. The molecule has 0 radical (unpaired) electrons. The molecule has 6 heteroatoms. The van der Waals surface area contributed by atoms with Crippen LogP contribution in [0.5, 0.6) is 5.75 Å². The number of aromatic nitrogens is 2. The van der Waals surface area contributed by atoms with Crippen LogP contribution in [0.4, 0.5) is 8.78 Å². The first-order chi connectivity index (χ1) is 16.5. The van der Waals surface area contributed by atoms with E-state index in [4.69, 9.17) is 9.72 Å². The molecule has 2 aliphatic rings. The Labute approximate surface area is 195 Å². The summed E-state index contributed by atoms with van der Waals surface area (Å²) in [5.74, 6) is 0.189. The zero-order chi connectivity index (χ0) is 23.4. The van der Waals surface area contributed by atoms with Crippen molar-refractivity contribution in [1.29, 1.82) is 5.26 Å². The molecule has 6 rings (SSSR count). The van der Waals surface area contributed by atoms with Crippen LogP contribution in [-0.2, 0) is 13.0 Å². The van der Waals surface area contributed by atoms with Gasteiger partial charge in [0.1, 0.15) is 29.6 Å². The molecule has 34 heavy (non-hydrogen) atoms. The van der Waals surface area contributed by atoms with E-state index in [1.807, 2.05) is 10.5 Å². The van der Waals surface area contributed by atoms with Crippen molar-refractivity contribution in [1.82, 2.24) is 9.38 Å². The summed E-state index contributed by atoms with van der Waals surface area (Å²) in [6.07, 6.45) is 4.60. The van der Waals surface area contributed by atoms with E-state index in [-0.39, 0.29) is 18.2 Å². The van der Waals surface area contributed by atoms with Gasteiger partial charge in [-0.25, -0.2) is 13.8 Å². The van der Waals surface area contributed by atoms with Gasteiger partial charge in [0, 0.05) is 47.4 Å². The molecule has 0 atom stereocenters. The van der Waals surface area contributed by atoms with Gasteiger partial charge in [0.2, 0.25) is 0 Å². The number of pyridine rings is 1. The second-order valence-corrected chi connectivity index (χ2v) is 9.00. The quantitative estimate of drug-likeness (QED) is 0.341. The third-order valence-corrected chi connectivity index (χ3v) is 6.63. The van der Waals surface area contributed by atoms with E-state index in [1.165, 1.54) is 24.3 Å². The maximum Gasteiger partial charge on any atom is 0.140 e. The van der Waals surface area contributed by atoms with Crippen molar-refractivity contribution in [2.24, 2.45) is 0 Å². The average molecular weight is 453 g/mol. The molecule has 0 N–H and O–H groups in total. The van der Waals surface area contributed by atoms with E-state index >= 15 is 0 Å². The normalized spacial score (nSPS) is 16.3. The van der Waals surface area contributed by atoms with Crippen molar-refractivity contribution in [3.63, 3.8) is 0 Å². The van der Waals surface area contributed by atoms with Crippen molar-refractivity contribution in [3.8, 4) is 11.8 Å². The largest absolute Gasteiger partial charge is 0.488 e. The Morgan fingerprint density at radius 1 is 1.09 bits per heavy atom. The predicted octanol–water partition coefficient (Wildman–Crippen LogP) is 6.32. The van der Waals surface area contributed by atoms with Crippen LogP contribution in [0.2, 0.25) is 0 Å². The highest BCUT2D eigenvalue weighted by Gasteiger charge is 2.30. The van der Waals surface area contributed by atoms with Gasteiger partial charge in [0.05, 0.1) is 17.5 Å². The van der Waals surface area contributed by atoms with Crippen LogP contribution in [0.15, 0.2) is 60.3 Å². The number of imidazole rings is 1. The Morgan fingerprint density at radius 2 is 1.88 bits per heavy atom. The Morgan fingerprint density at radius 3 is 2.68 bits per heavy atom. The number of ether oxygens (including phenoxy) is 1. The topological polar surface area (TPSA) is 50.3 Å². The first kappa shape index (κ1) is 20.6. The van der Waals surface area contributed by atoms with Gasteiger partial charge in [-0.05, 0) is 54.7 Å². The number of fused-ring (bicyclic) bond motifs is 3. The lowest BCUT2D eigenvalue weighted by Gasteiger charge is -2.13. The molecule has 1 aliphatic carbocycles. The second-order valence-electron chi connectivity index (χ2n) is 9.00. The van der Waals surface area contributed by atoms with Crippen LogP contribution in [-0.4, -0.2) is 9.38 Å². The zero-order valence-corrected chi connectivity index (χ0v) is 18.6. The van der Waals surface area contributed by atoms with Crippen LogP contribution in [0.3, 0.4) is 0 Å². The molecule has 0 spiro atoms. The number of nitrogens with zero attached hydrogens (tertiary/aromatic N) is 3. The minimum absolute atomic E-state index is 0.273. The standard InChI is InChI=1S/C28H21F2N3O/c1-16(14-31)27-22-6-2-17(10-19(22)15-34-25-12-20(29)5-7-23(25)27)11-24-28(18-3-4-18)32-26-13-21(30)8-9-33(24)26/h2,5-10,12-13,18H,3-4,11,15H2,1H3. The van der Waals surface area contributed by atoms with Gasteiger partial charge in [-0.15, -0.1) is 0 Å². The summed E-state index contributed by atoms with van der Waals surface area (Å²) in [7, 11) is 0. The summed E-state index contributed by atoms with van der Waals surface area (Å²) in [6, 6.07) is 15.8. The summed E-state index contributed by atoms with van der Waals surface area (Å²) in [5, 5.41) is 9.66. The SMILES string of the molecule is CC(C#N)=C1c2ccc(Cc3c(C4CC4)nc4cc(F)ccn34)cc2COc2cc(F)ccc21. The minimum atomic E-state index is -0.379. The molecule has 1 saturated carbocycles. The highest BCUT2D eigenvalue weighted by molar-refractivity contribution is 5.88. The van der Waals surface area contributed by atoms with E-state index in [9.17, 15) is 14.0 Å². The summed E-state index contributed by atoms with van der Waals surface area (Å²) < 4.78 is 35.7. The number of allylic oxidation sites excluding steroid dienone is 1. The van der Waals surface area contributed by atoms with Crippen LogP contribution < -0.4 is 4.74 Å². The maximum absolute atomic E-state index is 13.9. The van der Waals surface area contributed by atoms with E-state index in [0.717, 1.165) is 46.5 Å². The molecule has 0 bridgehead atoms. The fourth-order valence-electron chi connectivity index (χ4n) is 4.84. The van der Waals surface area contributed by atoms with Gasteiger partial charge < -0.3 is 9.14 Å². The molecule has 2 aromatic carbocycles. The molecule has 4 aromatic rings. The molecule has 4 nitrogen and oxygen atoms in total. The lowest BCUT2D eigenvalue weighted by atomic mass is 9.89. The van der Waals surface area contributed by atoms with Crippen LogP contribution in [0, 0.1) is 23.0 Å². The lowest BCUT2D eigenvalue weighted by Crippen LogP contribution is -2.02. The van der Waals surface area contributed by atoms with E-state index in [0.29, 0.717) is 34.9 Å². The number of hydrogen-bond donors (Lipinski definition) is 0. The van der Waals surface area contributed by atoms with E-state index < -0.39 is 0 Å². The molecule has 0 amide bonds. The smallest absolute Gasteiger partial charge is 0.140 e. The van der Waals surface area contributed by atoms with Gasteiger partial charge in [0.15, 0.2) is 0 Å². The van der Waals surface area contributed by atoms with Crippen molar-refractivity contribution in [3.05, 3.63) is 106 Å². The average Bonchev–Trinajstić information content (AvgIpc) is 3.63. The predicted molar refractivity (Wildman–Crippen MR) is 124 cm³/mol. The number of rotatable bonds is 3. The Bertz CT molecular complexity index is 1540. The number of hydrogen-bond acceptors (Lipinski definition) is 3. The highest BCUT2D eigenvalue weighted by atomic mass is 19.1. The van der Waals surface area contributed by atoms with E-state index in [2.05, 4.69) is 18.2 Å². The van der Waals surface area contributed by atoms with Crippen molar-refractivity contribution >= 4 is 11.2 Å². The summed E-state index contributed by atoms with van der Waals surface area (Å²) in [6.45, 7) is 2.04. The van der Waals surface area contributed by atoms with Crippen LogP contribution in [0.1, 0.15) is 59.3 Å². The molecule has 168 valence electrons. The van der Waals surface area contributed by atoms with E-state index in [1.54, 1.807) is 19.2 Å². The molecule has 3 heterocycles. The fourth-order valence-corrected chi connectivity index (χ4v) is 4.84. The molecule has 1 fully saturated rings. The third-order valence-electron chi connectivity index (χ3n) is 6.63. The summed E-state index contributed by atoms with van der Waals surface area (Å²) >= 11 is 0. The van der Waals surface area contributed by atoms with Crippen molar-refractivity contribution in [2.75, 3.05) is 0 Å². The second kappa shape index (κ2) is 7.81. The Hall–Kier alpha value is -3.98. The van der Waals surface area contributed by atoms with Gasteiger partial charge in [0.25, 0.3) is 0 Å². The molecule has 0 saturated heterocycles. The molecule has 0 unspecified atom stereocenters. The molecular weight excluding hydrogens is 432 g/mol. The number of nitriles is 1. The lowest BCUT2D eigenvalue weighted by molar-refractivity contribution is 0.305. The van der Waals surface area contributed by atoms with Gasteiger partial charge in [-0.2, -0.15) is 5.26 Å². The highest BCUT2D eigenvalue weighted by Crippen LogP contribution is 2.43. The van der Waals surface area contributed by atoms with Crippen LogP contribution >= 0.6 is 0 Å². The van der Waals surface area contributed by atoms with Gasteiger partial charge in [-0.3, -0.25) is 0 Å². The monoisotopic (exact) mass is 453 g/mol. The summed E-state index contributed by atoms with van der Waals surface area (Å²) in [5.41, 5.74) is 7.69. The zero-order valence-electron chi connectivity index (χ0n) is 18.6. The van der Waals surface area contributed by atoms with Gasteiger partial charge in [-0.1, -0.05) is 18.2 Å².